The topological polar surface area (TPSA) is 61.8 Å². The molecule has 1 saturated heterocycles. The van der Waals surface area contributed by atoms with E-state index in [1.807, 2.05) is 11.8 Å². The lowest BCUT2D eigenvalue weighted by Gasteiger charge is -2.35. The first-order valence-corrected chi connectivity index (χ1v) is 9.52. The maximum absolute atomic E-state index is 12.5. The molecule has 1 heterocycles. The number of nitrogens with one attached hydrogen (secondary N) is 1. The van der Waals surface area contributed by atoms with Crippen LogP contribution in [0.15, 0.2) is 0 Å². The highest BCUT2D eigenvalue weighted by molar-refractivity contribution is 5.75. The van der Waals surface area contributed by atoms with E-state index in [0.717, 1.165) is 25.8 Å². The molecule has 5 nitrogen and oxygen atoms in total. The number of amides is 2. The first-order valence-electron chi connectivity index (χ1n) is 9.52. The Balaban J connectivity index is 1.51. The molecule has 0 spiro atoms. The summed E-state index contributed by atoms with van der Waals surface area (Å²) in [6, 6.07) is 0.183. The molecule has 132 valence electrons. The molecular weight excluding hydrogens is 292 g/mol. The molecule has 0 bridgehead atoms. The van der Waals surface area contributed by atoms with Crippen LogP contribution in [0.3, 0.4) is 0 Å². The van der Waals surface area contributed by atoms with Crippen LogP contribution < -0.4 is 5.32 Å². The normalized spacial score (nSPS) is 33.8. The molecule has 3 fully saturated rings. The zero-order chi connectivity index (χ0) is 16.2. The monoisotopic (exact) mass is 324 g/mol. The first-order chi connectivity index (χ1) is 11.1. The van der Waals surface area contributed by atoms with E-state index < -0.39 is 0 Å². The second-order valence-corrected chi connectivity index (χ2v) is 7.66. The van der Waals surface area contributed by atoms with E-state index >= 15 is 0 Å². The summed E-state index contributed by atoms with van der Waals surface area (Å²) in [5.74, 6) is 0.220. The minimum Gasteiger partial charge on any atom is -0.393 e. The summed E-state index contributed by atoms with van der Waals surface area (Å²) in [5, 5.41) is 12.9. The Bertz CT molecular complexity index is 396. The summed E-state index contributed by atoms with van der Waals surface area (Å²) in [7, 11) is 0. The van der Waals surface area contributed by atoms with Crippen LogP contribution in [0.25, 0.3) is 0 Å². The third-order valence-corrected chi connectivity index (χ3v) is 5.88. The molecule has 0 unspecified atom stereocenters. The second-order valence-electron chi connectivity index (χ2n) is 7.66. The molecule has 2 N–H and O–H groups in total. The summed E-state index contributed by atoms with van der Waals surface area (Å²) >= 11 is 0. The van der Waals surface area contributed by atoms with Gasteiger partial charge in [0.05, 0.1) is 24.4 Å². The van der Waals surface area contributed by atoms with E-state index in [1.165, 1.54) is 38.5 Å². The summed E-state index contributed by atoms with van der Waals surface area (Å²) in [4.78, 5) is 14.4. The summed E-state index contributed by atoms with van der Waals surface area (Å²) < 4.78 is 6.31. The van der Waals surface area contributed by atoms with Crippen molar-refractivity contribution in [1.82, 2.24) is 10.2 Å². The average molecular weight is 324 g/mol. The van der Waals surface area contributed by atoms with Crippen LogP contribution in [-0.2, 0) is 4.74 Å². The van der Waals surface area contributed by atoms with Crippen LogP contribution >= 0.6 is 0 Å². The molecule has 23 heavy (non-hydrogen) atoms. The van der Waals surface area contributed by atoms with Gasteiger partial charge in [-0.25, -0.2) is 4.79 Å². The zero-order valence-corrected chi connectivity index (χ0v) is 14.4. The van der Waals surface area contributed by atoms with E-state index in [0.29, 0.717) is 12.6 Å². The summed E-state index contributed by atoms with van der Waals surface area (Å²) in [5.41, 5.74) is 0. The number of hydrogen-bond donors (Lipinski definition) is 2. The van der Waals surface area contributed by atoms with Crippen molar-refractivity contribution < 1.29 is 14.6 Å². The van der Waals surface area contributed by atoms with Crippen LogP contribution in [-0.4, -0.2) is 53.5 Å². The number of aliphatic hydroxyl groups excluding tert-OH is 1. The lowest BCUT2D eigenvalue weighted by Crippen LogP contribution is -2.51. The molecule has 2 amide bonds. The van der Waals surface area contributed by atoms with Gasteiger partial charge in [-0.15, -0.1) is 0 Å². The maximum Gasteiger partial charge on any atom is 0.317 e. The molecule has 3 rings (SSSR count). The predicted octanol–water partition coefficient (Wildman–Crippen LogP) is 2.67. The molecule has 1 aliphatic heterocycles. The number of nitrogens with zero attached hydrogens (tertiary/aromatic N) is 1. The molecule has 2 aliphatic carbocycles. The summed E-state index contributed by atoms with van der Waals surface area (Å²) in [6.45, 7) is 3.24. The fourth-order valence-corrected chi connectivity index (χ4v) is 4.31. The average Bonchev–Trinajstić information content (AvgIpc) is 3.20. The molecule has 0 aromatic rings. The van der Waals surface area contributed by atoms with Crippen LogP contribution in [0, 0.1) is 5.92 Å². The minimum atomic E-state index is -0.332. The number of carbonyl (C=O) groups is 1. The van der Waals surface area contributed by atoms with Crippen LogP contribution in [0.2, 0.25) is 0 Å². The van der Waals surface area contributed by atoms with Crippen molar-refractivity contribution >= 4 is 6.03 Å². The number of likely N-dealkylation sites (tertiary alicyclic amines) is 1. The van der Waals surface area contributed by atoms with E-state index in [2.05, 4.69) is 5.32 Å². The standard InChI is InChI=1S/C18H32N2O3/c1-13(21)14-10-11-20(12-14)18(22)19-16-8-4-5-9-17(16)23-15-6-2-3-7-15/h13-17,21H,2-12H2,1H3,(H,19,22)/t13-,14+,16-,17+/m0/s1. The number of aliphatic hydroxyl groups is 1. The fraction of sp³-hybridized carbons (Fsp3) is 0.944. The van der Waals surface area contributed by atoms with Crippen LogP contribution in [0.4, 0.5) is 4.79 Å². The van der Waals surface area contributed by atoms with E-state index in [4.69, 9.17) is 4.74 Å². The number of urea groups is 1. The molecule has 3 aliphatic rings. The van der Waals surface area contributed by atoms with Crippen molar-refractivity contribution in [1.29, 1.82) is 0 Å². The largest absolute Gasteiger partial charge is 0.393 e. The Hall–Kier alpha value is -0.810. The van der Waals surface area contributed by atoms with Gasteiger partial charge >= 0.3 is 6.03 Å². The van der Waals surface area contributed by atoms with Gasteiger partial charge < -0.3 is 20.1 Å². The molecule has 0 radical (unpaired) electrons. The SMILES string of the molecule is C[C@H](O)[C@@H]1CCN(C(=O)N[C@H]2CCCC[C@H]2OC2CCCC2)C1. The quantitative estimate of drug-likeness (QED) is 0.836. The summed E-state index contributed by atoms with van der Waals surface area (Å²) in [6.07, 6.45) is 10.6. The predicted molar refractivity (Wildman–Crippen MR) is 89.3 cm³/mol. The van der Waals surface area contributed by atoms with Crippen molar-refractivity contribution in [3.8, 4) is 0 Å². The van der Waals surface area contributed by atoms with Crippen molar-refractivity contribution in [3.05, 3.63) is 0 Å². The lowest BCUT2D eigenvalue weighted by molar-refractivity contribution is -0.0416. The highest BCUT2D eigenvalue weighted by atomic mass is 16.5. The Morgan fingerprint density at radius 2 is 1.83 bits per heavy atom. The van der Waals surface area contributed by atoms with E-state index in [-0.39, 0.29) is 30.2 Å². The van der Waals surface area contributed by atoms with Crippen molar-refractivity contribution in [2.75, 3.05) is 13.1 Å². The first kappa shape index (κ1) is 17.0. The number of rotatable bonds is 4. The van der Waals surface area contributed by atoms with Gasteiger partial charge in [0.25, 0.3) is 0 Å². The Morgan fingerprint density at radius 3 is 2.52 bits per heavy atom. The van der Waals surface area contributed by atoms with Crippen LogP contribution in [0.5, 0.6) is 0 Å². The highest BCUT2D eigenvalue weighted by Gasteiger charge is 2.34. The second kappa shape index (κ2) is 7.84. The molecular formula is C18H32N2O3. The third kappa shape index (κ3) is 4.38. The van der Waals surface area contributed by atoms with Gasteiger partial charge in [0.1, 0.15) is 0 Å². The van der Waals surface area contributed by atoms with Crippen molar-refractivity contribution in [3.63, 3.8) is 0 Å². The van der Waals surface area contributed by atoms with Crippen molar-refractivity contribution in [2.24, 2.45) is 5.92 Å². The molecule has 0 aromatic carbocycles. The molecule has 2 saturated carbocycles. The Morgan fingerprint density at radius 1 is 1.13 bits per heavy atom. The maximum atomic E-state index is 12.5. The smallest absolute Gasteiger partial charge is 0.317 e. The van der Waals surface area contributed by atoms with Gasteiger partial charge in [-0.1, -0.05) is 25.7 Å². The number of ether oxygens (including phenoxy) is 1. The van der Waals surface area contributed by atoms with Gasteiger partial charge in [-0.3, -0.25) is 0 Å². The molecule has 0 aromatic heterocycles. The molecule has 5 heteroatoms. The lowest BCUT2D eigenvalue weighted by atomic mass is 9.92. The third-order valence-electron chi connectivity index (χ3n) is 5.88. The zero-order valence-electron chi connectivity index (χ0n) is 14.4. The highest BCUT2D eigenvalue weighted by Crippen LogP contribution is 2.28. The fourth-order valence-electron chi connectivity index (χ4n) is 4.31. The Labute approximate surface area is 139 Å². The van der Waals surface area contributed by atoms with Crippen LogP contribution in [0.1, 0.15) is 64.7 Å². The Kier molecular flexibility index (Phi) is 5.81. The van der Waals surface area contributed by atoms with Gasteiger partial charge in [-0.05, 0) is 39.0 Å². The van der Waals surface area contributed by atoms with E-state index in [1.54, 1.807) is 0 Å². The number of carbonyl (C=O) groups excluding carboxylic acids is 1. The molecule has 4 atom stereocenters. The minimum absolute atomic E-state index is 0.0278. The van der Waals surface area contributed by atoms with Gasteiger partial charge in [0.2, 0.25) is 0 Å². The van der Waals surface area contributed by atoms with Gasteiger partial charge in [0.15, 0.2) is 0 Å². The van der Waals surface area contributed by atoms with Crippen molar-refractivity contribution in [2.45, 2.75) is 89.1 Å². The van der Waals surface area contributed by atoms with Gasteiger partial charge in [0, 0.05) is 19.0 Å². The number of hydrogen-bond acceptors (Lipinski definition) is 3. The van der Waals surface area contributed by atoms with E-state index in [9.17, 15) is 9.90 Å². The van der Waals surface area contributed by atoms with Gasteiger partial charge in [-0.2, -0.15) is 0 Å².